The molecule has 0 bridgehead atoms. The highest BCUT2D eigenvalue weighted by Crippen LogP contribution is 2.17. The predicted molar refractivity (Wildman–Crippen MR) is 66.9 cm³/mol. The van der Waals surface area contributed by atoms with Crippen molar-refractivity contribution in [1.82, 2.24) is 10.2 Å². The van der Waals surface area contributed by atoms with E-state index in [-0.39, 0.29) is 23.2 Å². The fraction of sp³-hybridized carbons (Fsp3) is 0.364. The zero-order valence-electron chi connectivity index (χ0n) is 10.1. The maximum Gasteiger partial charge on any atom is 0.345 e. The molecule has 2 N–H and O–H groups in total. The Kier molecular flexibility index (Phi) is 4.85. The van der Waals surface area contributed by atoms with Crippen molar-refractivity contribution < 1.29 is 19.5 Å². The van der Waals surface area contributed by atoms with Crippen LogP contribution in [0.3, 0.4) is 0 Å². The van der Waals surface area contributed by atoms with Crippen molar-refractivity contribution in [2.45, 2.75) is 6.92 Å². The number of carboxylic acids is 1. The van der Waals surface area contributed by atoms with Crippen LogP contribution >= 0.6 is 11.3 Å². The molecule has 0 atom stereocenters. The molecule has 0 radical (unpaired) electrons. The second-order valence-corrected chi connectivity index (χ2v) is 4.67. The standard InChI is InChI=1S/C11H14N2O4S/c1-3-12-9(14)6-13(2)10(15)7-4-5-8(18-7)11(16)17/h4-5H,3,6H2,1-2H3,(H,12,14)(H,16,17). The van der Waals surface area contributed by atoms with Gasteiger partial charge in [-0.1, -0.05) is 0 Å². The van der Waals surface area contributed by atoms with Gasteiger partial charge in [0, 0.05) is 13.6 Å². The summed E-state index contributed by atoms with van der Waals surface area (Å²) in [5, 5.41) is 11.3. The van der Waals surface area contributed by atoms with Crippen LogP contribution in [0.25, 0.3) is 0 Å². The number of hydrogen-bond donors (Lipinski definition) is 2. The van der Waals surface area contributed by atoms with Gasteiger partial charge < -0.3 is 15.3 Å². The summed E-state index contributed by atoms with van der Waals surface area (Å²) in [7, 11) is 1.50. The van der Waals surface area contributed by atoms with Crippen molar-refractivity contribution in [1.29, 1.82) is 0 Å². The lowest BCUT2D eigenvalue weighted by Crippen LogP contribution is -2.37. The van der Waals surface area contributed by atoms with E-state index in [1.165, 1.54) is 24.1 Å². The van der Waals surface area contributed by atoms with Gasteiger partial charge in [-0.2, -0.15) is 0 Å². The number of aromatic carboxylic acids is 1. The van der Waals surface area contributed by atoms with Gasteiger partial charge in [0.25, 0.3) is 5.91 Å². The summed E-state index contributed by atoms with van der Waals surface area (Å²) < 4.78 is 0. The van der Waals surface area contributed by atoms with E-state index in [1.807, 2.05) is 0 Å². The van der Waals surface area contributed by atoms with Crippen LogP contribution in [0.1, 0.15) is 26.3 Å². The summed E-state index contributed by atoms with van der Waals surface area (Å²) in [6.45, 7) is 2.24. The first-order chi connectivity index (χ1) is 8.45. The number of carbonyl (C=O) groups excluding carboxylic acids is 2. The summed E-state index contributed by atoms with van der Waals surface area (Å²) in [6.07, 6.45) is 0. The highest BCUT2D eigenvalue weighted by atomic mass is 32.1. The predicted octanol–water partition coefficient (Wildman–Crippen LogP) is 0.654. The number of carbonyl (C=O) groups is 3. The molecule has 6 nitrogen and oxygen atoms in total. The third kappa shape index (κ3) is 3.56. The zero-order chi connectivity index (χ0) is 13.7. The molecule has 1 aromatic heterocycles. The minimum Gasteiger partial charge on any atom is -0.477 e. The number of carboxylic acid groups (broad SMARTS) is 1. The molecule has 18 heavy (non-hydrogen) atoms. The summed E-state index contributed by atoms with van der Waals surface area (Å²) >= 11 is 0.895. The van der Waals surface area contributed by atoms with Crippen LogP contribution in [0.15, 0.2) is 12.1 Å². The van der Waals surface area contributed by atoms with E-state index in [9.17, 15) is 14.4 Å². The molecule has 7 heteroatoms. The molecule has 0 saturated carbocycles. The van der Waals surface area contributed by atoms with Crippen molar-refractivity contribution in [2.24, 2.45) is 0 Å². The van der Waals surface area contributed by atoms with Gasteiger partial charge in [0.2, 0.25) is 5.91 Å². The fourth-order valence-electron chi connectivity index (χ4n) is 1.30. The van der Waals surface area contributed by atoms with Crippen molar-refractivity contribution >= 4 is 29.1 Å². The van der Waals surface area contributed by atoms with Gasteiger partial charge in [0.05, 0.1) is 11.4 Å². The molecule has 2 amide bonds. The van der Waals surface area contributed by atoms with E-state index in [0.717, 1.165) is 11.3 Å². The molecule has 0 unspecified atom stereocenters. The van der Waals surface area contributed by atoms with Crippen molar-refractivity contribution in [3.8, 4) is 0 Å². The Morgan fingerprint density at radius 3 is 2.44 bits per heavy atom. The van der Waals surface area contributed by atoms with E-state index in [4.69, 9.17) is 5.11 Å². The van der Waals surface area contributed by atoms with Crippen LogP contribution in [0.2, 0.25) is 0 Å². The lowest BCUT2D eigenvalue weighted by molar-refractivity contribution is -0.121. The van der Waals surface area contributed by atoms with Crippen LogP contribution < -0.4 is 5.32 Å². The molecular weight excluding hydrogens is 256 g/mol. The van der Waals surface area contributed by atoms with Crippen LogP contribution in [0, 0.1) is 0 Å². The van der Waals surface area contributed by atoms with Gasteiger partial charge in [0.1, 0.15) is 4.88 Å². The lowest BCUT2D eigenvalue weighted by atomic mass is 10.4. The summed E-state index contributed by atoms with van der Waals surface area (Å²) in [6, 6.07) is 2.82. The molecule has 1 heterocycles. The van der Waals surface area contributed by atoms with Crippen LogP contribution in [0.4, 0.5) is 0 Å². The molecular formula is C11H14N2O4S. The quantitative estimate of drug-likeness (QED) is 0.822. The zero-order valence-corrected chi connectivity index (χ0v) is 10.9. The molecule has 1 aromatic rings. The van der Waals surface area contributed by atoms with Gasteiger partial charge >= 0.3 is 5.97 Å². The number of likely N-dealkylation sites (N-methyl/N-ethyl adjacent to an activating group) is 2. The lowest BCUT2D eigenvalue weighted by Gasteiger charge is -2.15. The Labute approximate surface area is 108 Å². The highest BCUT2D eigenvalue weighted by molar-refractivity contribution is 7.15. The van der Waals surface area contributed by atoms with E-state index in [1.54, 1.807) is 6.92 Å². The number of nitrogens with zero attached hydrogens (tertiary/aromatic N) is 1. The van der Waals surface area contributed by atoms with Gasteiger partial charge in [-0.25, -0.2) is 4.79 Å². The molecule has 0 aliphatic carbocycles. The summed E-state index contributed by atoms with van der Waals surface area (Å²) in [5.41, 5.74) is 0. The second kappa shape index (κ2) is 6.15. The van der Waals surface area contributed by atoms with Crippen LogP contribution in [-0.4, -0.2) is 47.9 Å². The number of nitrogens with one attached hydrogen (secondary N) is 1. The minimum atomic E-state index is -1.06. The topological polar surface area (TPSA) is 86.7 Å². The maximum absolute atomic E-state index is 11.9. The van der Waals surface area contributed by atoms with Crippen molar-refractivity contribution in [3.63, 3.8) is 0 Å². The van der Waals surface area contributed by atoms with Gasteiger partial charge in [0.15, 0.2) is 0 Å². The number of hydrogen-bond acceptors (Lipinski definition) is 4. The molecule has 0 saturated heterocycles. The van der Waals surface area contributed by atoms with Gasteiger partial charge in [-0.05, 0) is 19.1 Å². The van der Waals surface area contributed by atoms with E-state index >= 15 is 0 Å². The number of rotatable bonds is 5. The van der Waals surface area contributed by atoms with E-state index in [0.29, 0.717) is 11.4 Å². The Morgan fingerprint density at radius 1 is 1.33 bits per heavy atom. The molecule has 0 fully saturated rings. The first-order valence-corrected chi connectivity index (χ1v) is 6.12. The Bertz CT molecular complexity index is 469. The highest BCUT2D eigenvalue weighted by Gasteiger charge is 2.18. The van der Waals surface area contributed by atoms with Gasteiger partial charge in [-0.3, -0.25) is 9.59 Å². The molecule has 0 spiro atoms. The molecule has 98 valence electrons. The molecule has 0 aliphatic rings. The summed E-state index contributed by atoms with van der Waals surface area (Å²) in [5.74, 6) is -1.67. The van der Waals surface area contributed by atoms with Crippen LogP contribution in [-0.2, 0) is 4.79 Å². The normalized spacial score (nSPS) is 9.89. The average Bonchev–Trinajstić information content (AvgIpc) is 2.77. The van der Waals surface area contributed by atoms with E-state index < -0.39 is 5.97 Å². The second-order valence-electron chi connectivity index (χ2n) is 3.58. The largest absolute Gasteiger partial charge is 0.477 e. The smallest absolute Gasteiger partial charge is 0.345 e. The van der Waals surface area contributed by atoms with Crippen LogP contribution in [0.5, 0.6) is 0 Å². The summed E-state index contributed by atoms with van der Waals surface area (Å²) in [4.78, 5) is 35.5. The molecule has 1 rings (SSSR count). The third-order valence-electron chi connectivity index (χ3n) is 2.13. The van der Waals surface area contributed by atoms with Gasteiger partial charge in [-0.15, -0.1) is 11.3 Å². The molecule has 0 aliphatic heterocycles. The Hall–Kier alpha value is -1.89. The Morgan fingerprint density at radius 2 is 1.94 bits per heavy atom. The van der Waals surface area contributed by atoms with Crippen molar-refractivity contribution in [2.75, 3.05) is 20.1 Å². The fourth-order valence-corrected chi connectivity index (χ4v) is 2.14. The monoisotopic (exact) mass is 270 g/mol. The average molecular weight is 270 g/mol. The van der Waals surface area contributed by atoms with Crippen molar-refractivity contribution in [3.05, 3.63) is 21.9 Å². The number of amides is 2. The minimum absolute atomic E-state index is 0.0486. The first-order valence-electron chi connectivity index (χ1n) is 5.31. The Balaban J connectivity index is 2.68. The SMILES string of the molecule is CCNC(=O)CN(C)C(=O)c1ccc(C(=O)O)s1. The van der Waals surface area contributed by atoms with E-state index in [2.05, 4.69) is 5.32 Å². The third-order valence-corrected chi connectivity index (χ3v) is 3.19. The maximum atomic E-state index is 11.9. The first kappa shape index (κ1) is 14.2. The number of thiophene rings is 1. The molecule has 0 aromatic carbocycles.